The molecule has 0 rings (SSSR count). The monoisotopic (exact) mass is 803 g/mol. The maximum Gasteiger partial charge on any atom is 0.472 e. The molecular weight excluding hydrogens is 725 g/mol. The highest BCUT2D eigenvalue weighted by Gasteiger charge is 2.27. The molecule has 0 saturated heterocycles. The third kappa shape index (κ3) is 40.6. The van der Waals surface area contributed by atoms with Gasteiger partial charge in [-0.3, -0.25) is 18.6 Å². The average Bonchev–Trinajstić information content (AvgIpc) is 3.15. The van der Waals surface area contributed by atoms with E-state index in [1.165, 1.54) is 6.42 Å². The first-order valence-corrected chi connectivity index (χ1v) is 22.5. The topological polar surface area (TPSA) is 108 Å². The Morgan fingerprint density at radius 2 is 1.02 bits per heavy atom. The van der Waals surface area contributed by atoms with E-state index in [1.807, 2.05) is 21.1 Å². The highest BCUT2D eigenvalue weighted by molar-refractivity contribution is 7.47. The zero-order valence-corrected chi connectivity index (χ0v) is 36.5. The van der Waals surface area contributed by atoms with Crippen molar-refractivity contribution in [2.75, 3.05) is 47.5 Å². The molecule has 0 saturated carbocycles. The minimum absolute atomic E-state index is 0.0122. The fourth-order valence-electron chi connectivity index (χ4n) is 4.82. The van der Waals surface area contributed by atoms with E-state index < -0.39 is 32.5 Å². The fraction of sp³-hybridized carbons (Fsp3) is 0.609. The van der Waals surface area contributed by atoms with Gasteiger partial charge in [-0.15, -0.1) is 0 Å². The number of carbonyl (C=O) groups excluding carboxylic acids is 2. The van der Waals surface area contributed by atoms with Crippen molar-refractivity contribution in [1.82, 2.24) is 0 Å². The second-order valence-electron chi connectivity index (χ2n) is 14.6. The number of carbonyl (C=O) groups is 2. The number of rotatable bonds is 36. The first-order valence-electron chi connectivity index (χ1n) is 21.0. The number of esters is 2. The third-order valence-electron chi connectivity index (χ3n) is 8.08. The second kappa shape index (κ2) is 37.5. The van der Waals surface area contributed by atoms with Gasteiger partial charge in [-0.1, -0.05) is 124 Å². The van der Waals surface area contributed by atoms with Crippen molar-refractivity contribution < 1.29 is 42.1 Å². The molecule has 0 spiro atoms. The fourth-order valence-corrected chi connectivity index (χ4v) is 5.56. The van der Waals surface area contributed by atoms with Gasteiger partial charge in [-0.05, 0) is 89.9 Å². The molecule has 0 aromatic carbocycles. The Labute approximate surface area is 341 Å². The van der Waals surface area contributed by atoms with Crippen LogP contribution in [0.4, 0.5) is 0 Å². The van der Waals surface area contributed by atoms with Gasteiger partial charge < -0.3 is 18.9 Å². The Morgan fingerprint density at radius 1 is 0.571 bits per heavy atom. The summed E-state index contributed by atoms with van der Waals surface area (Å²) in [4.78, 5) is 35.3. The summed E-state index contributed by atoms with van der Waals surface area (Å²) in [6, 6.07) is 0. The zero-order valence-electron chi connectivity index (χ0n) is 35.6. The largest absolute Gasteiger partial charge is 0.472 e. The van der Waals surface area contributed by atoms with Gasteiger partial charge in [-0.2, -0.15) is 0 Å². The van der Waals surface area contributed by atoms with Crippen LogP contribution in [-0.2, 0) is 32.7 Å². The molecule has 2 atom stereocenters. The minimum Gasteiger partial charge on any atom is -0.462 e. The average molecular weight is 803 g/mol. The molecule has 0 aromatic rings. The van der Waals surface area contributed by atoms with Crippen LogP contribution in [0.1, 0.15) is 129 Å². The summed E-state index contributed by atoms with van der Waals surface area (Å²) in [6.45, 7) is 4.11. The van der Waals surface area contributed by atoms with Gasteiger partial charge in [0.2, 0.25) is 0 Å². The number of allylic oxidation sites excluding steroid dienone is 16. The Bertz CT molecular complexity index is 1270. The van der Waals surface area contributed by atoms with E-state index in [-0.39, 0.29) is 26.1 Å². The number of ether oxygens (including phenoxy) is 2. The van der Waals surface area contributed by atoms with E-state index in [2.05, 4.69) is 111 Å². The van der Waals surface area contributed by atoms with Crippen LogP contribution in [0.3, 0.4) is 0 Å². The van der Waals surface area contributed by atoms with Crippen LogP contribution < -0.4 is 0 Å². The van der Waals surface area contributed by atoms with Crippen molar-refractivity contribution in [3.8, 4) is 0 Å². The molecule has 318 valence electrons. The SMILES string of the molecule is CC/C=C/C/C=C/C/C=C/C/C=C/CCCCC(=O)O[C@H](COC(=O)CCCCC/C=C/C/C=C/C/C=C/C/C=C/CCC)COP(=O)(O)OCC[N+](C)(C)C. The Morgan fingerprint density at radius 3 is 1.52 bits per heavy atom. The third-order valence-corrected chi connectivity index (χ3v) is 9.06. The molecule has 0 aliphatic heterocycles. The van der Waals surface area contributed by atoms with Crippen molar-refractivity contribution in [3.05, 3.63) is 97.2 Å². The number of hydrogen-bond acceptors (Lipinski definition) is 7. The molecular formula is C46H77NO8P+. The number of likely N-dealkylation sites (N-methyl/N-ethyl adjacent to an activating group) is 1. The van der Waals surface area contributed by atoms with Crippen LogP contribution in [0.25, 0.3) is 0 Å². The van der Waals surface area contributed by atoms with Crippen molar-refractivity contribution in [2.24, 2.45) is 0 Å². The van der Waals surface area contributed by atoms with Gasteiger partial charge >= 0.3 is 19.8 Å². The van der Waals surface area contributed by atoms with E-state index in [4.69, 9.17) is 18.5 Å². The smallest absolute Gasteiger partial charge is 0.462 e. The zero-order chi connectivity index (χ0) is 41.4. The van der Waals surface area contributed by atoms with E-state index >= 15 is 0 Å². The highest BCUT2D eigenvalue weighted by Crippen LogP contribution is 2.43. The quantitative estimate of drug-likeness (QED) is 0.0219. The number of quaternary nitrogens is 1. The lowest BCUT2D eigenvalue weighted by Gasteiger charge is -2.24. The summed E-state index contributed by atoms with van der Waals surface area (Å²) in [5.74, 6) is -0.896. The predicted octanol–water partition coefficient (Wildman–Crippen LogP) is 11.8. The lowest BCUT2D eigenvalue weighted by atomic mass is 10.1. The molecule has 9 nitrogen and oxygen atoms in total. The van der Waals surface area contributed by atoms with Crippen LogP contribution in [0.15, 0.2) is 97.2 Å². The second-order valence-corrected chi connectivity index (χ2v) is 16.1. The highest BCUT2D eigenvalue weighted by atomic mass is 31.2. The maximum atomic E-state index is 12.7. The molecule has 56 heavy (non-hydrogen) atoms. The molecule has 0 heterocycles. The Hall–Kier alpha value is -3.07. The summed E-state index contributed by atoms with van der Waals surface area (Å²) in [5.41, 5.74) is 0. The van der Waals surface area contributed by atoms with E-state index in [0.29, 0.717) is 23.9 Å². The van der Waals surface area contributed by atoms with E-state index in [1.54, 1.807) is 0 Å². The van der Waals surface area contributed by atoms with Gasteiger partial charge in [0, 0.05) is 12.8 Å². The van der Waals surface area contributed by atoms with Crippen molar-refractivity contribution >= 4 is 19.8 Å². The number of phosphoric ester groups is 1. The Balaban J connectivity index is 4.54. The molecule has 0 amide bonds. The number of hydrogen-bond donors (Lipinski definition) is 1. The summed E-state index contributed by atoms with van der Waals surface area (Å²) < 4.78 is 34.2. The van der Waals surface area contributed by atoms with Crippen LogP contribution in [-0.4, -0.2) is 74.9 Å². The van der Waals surface area contributed by atoms with Crippen LogP contribution in [0.5, 0.6) is 0 Å². The van der Waals surface area contributed by atoms with Gasteiger partial charge in [-0.25, -0.2) is 4.57 Å². The molecule has 1 N–H and O–H groups in total. The lowest BCUT2D eigenvalue weighted by molar-refractivity contribution is -0.870. The summed E-state index contributed by atoms with van der Waals surface area (Å²) in [6.07, 6.45) is 48.9. The van der Waals surface area contributed by atoms with Gasteiger partial charge in [0.25, 0.3) is 0 Å². The molecule has 0 fully saturated rings. The van der Waals surface area contributed by atoms with Crippen LogP contribution in [0.2, 0.25) is 0 Å². The standard InChI is InChI=1S/C46H76NO8P/c1-6-8-10-12-14-16-18-20-22-23-25-26-28-30-32-34-36-38-45(48)52-42-44(43-54-56(50,51)53-41-40-47(3,4)5)55-46(49)39-37-35-33-31-29-27-24-21-19-17-15-13-11-9-7-2/h9-12,15-18,21-24,26,28-29,31,44H,6-8,13-14,19-20,25,27,30,32-43H2,1-5H3/p+1/b11-9+,12-10+,17-15+,18-16+,23-22+,24-21+,28-26+,31-29+/t44-/m1/s1. The predicted molar refractivity (Wildman–Crippen MR) is 233 cm³/mol. The normalized spacial score (nSPS) is 14.6. The Kier molecular flexibility index (Phi) is 35.4. The first kappa shape index (κ1) is 52.9. The van der Waals surface area contributed by atoms with Crippen molar-refractivity contribution in [3.63, 3.8) is 0 Å². The van der Waals surface area contributed by atoms with E-state index in [0.717, 1.165) is 83.5 Å². The number of nitrogens with zero attached hydrogens (tertiary/aromatic N) is 1. The summed E-state index contributed by atoms with van der Waals surface area (Å²) in [5, 5.41) is 0. The van der Waals surface area contributed by atoms with E-state index in [9.17, 15) is 19.0 Å². The molecule has 1 unspecified atom stereocenters. The van der Waals surface area contributed by atoms with Gasteiger partial charge in [0.15, 0.2) is 6.10 Å². The molecule has 10 heteroatoms. The maximum absolute atomic E-state index is 12.7. The molecule has 0 radical (unpaired) electrons. The first-order chi connectivity index (χ1) is 27.0. The van der Waals surface area contributed by atoms with Crippen molar-refractivity contribution in [2.45, 2.75) is 136 Å². The molecule has 0 aliphatic rings. The summed E-state index contributed by atoms with van der Waals surface area (Å²) in [7, 11) is 1.41. The van der Waals surface area contributed by atoms with Crippen molar-refractivity contribution in [1.29, 1.82) is 0 Å². The summed E-state index contributed by atoms with van der Waals surface area (Å²) >= 11 is 0. The minimum atomic E-state index is -4.40. The molecule has 0 aliphatic carbocycles. The molecule has 0 aromatic heterocycles. The van der Waals surface area contributed by atoms with Crippen LogP contribution >= 0.6 is 7.82 Å². The lowest BCUT2D eigenvalue weighted by Crippen LogP contribution is -2.37. The number of unbranched alkanes of at least 4 members (excludes halogenated alkanes) is 6. The number of phosphoric acid groups is 1. The molecule has 0 bridgehead atoms. The van der Waals surface area contributed by atoms with Gasteiger partial charge in [0.05, 0.1) is 27.7 Å². The van der Waals surface area contributed by atoms with Gasteiger partial charge in [0.1, 0.15) is 19.8 Å². The van der Waals surface area contributed by atoms with Crippen LogP contribution in [0, 0.1) is 0 Å².